The molecule has 0 atom stereocenters. The van der Waals surface area contributed by atoms with Crippen LogP contribution in [0.25, 0.3) is 0 Å². The first-order chi connectivity index (χ1) is 7.24. The van der Waals surface area contributed by atoms with Gasteiger partial charge in [0.1, 0.15) is 5.75 Å². The number of phenolic OH excluding ortho intramolecular Hbond substituents is 1. The molecule has 0 bridgehead atoms. The molecule has 15 heavy (non-hydrogen) atoms. The lowest BCUT2D eigenvalue weighted by molar-refractivity contribution is 0.0979. The van der Waals surface area contributed by atoms with Crippen molar-refractivity contribution in [3.63, 3.8) is 0 Å². The number of rotatable bonds is 6. The molecule has 0 unspecified atom stereocenters. The Kier molecular flexibility index (Phi) is 5.40. The molecule has 82 valence electrons. The van der Waals surface area contributed by atoms with Crippen molar-refractivity contribution in [3.05, 3.63) is 29.8 Å². The fourth-order valence-corrected chi connectivity index (χ4v) is 1.74. The van der Waals surface area contributed by atoms with Crippen molar-refractivity contribution in [3.8, 4) is 5.75 Å². The van der Waals surface area contributed by atoms with E-state index < -0.39 is 0 Å². The smallest absolute Gasteiger partial charge is 0.162 e. The molecule has 0 saturated carbocycles. The molecule has 0 saturated heterocycles. The second-order valence-electron chi connectivity index (χ2n) is 3.47. The predicted octanol–water partition coefficient (Wildman–Crippen LogP) is 3.53. The average molecular weight is 271 g/mol. The molecule has 0 aromatic heterocycles. The maximum Gasteiger partial charge on any atom is 0.162 e. The first-order valence-corrected chi connectivity index (χ1v) is 6.24. The summed E-state index contributed by atoms with van der Waals surface area (Å²) in [5, 5.41) is 10.1. The Morgan fingerprint density at radius 3 is 2.40 bits per heavy atom. The maximum absolute atomic E-state index is 11.6. The molecule has 0 aliphatic carbocycles. The summed E-state index contributed by atoms with van der Waals surface area (Å²) in [6.45, 7) is 0. The Morgan fingerprint density at radius 2 is 1.80 bits per heavy atom. The highest BCUT2D eigenvalue weighted by Crippen LogP contribution is 2.13. The van der Waals surface area contributed by atoms with Gasteiger partial charge in [-0.05, 0) is 37.1 Å². The van der Waals surface area contributed by atoms with Crippen LogP contribution < -0.4 is 0 Å². The Labute approximate surface area is 98.4 Å². The number of carbonyl (C=O) groups excluding carboxylic acids is 1. The monoisotopic (exact) mass is 270 g/mol. The third-order valence-corrected chi connectivity index (χ3v) is 2.79. The van der Waals surface area contributed by atoms with E-state index in [-0.39, 0.29) is 11.5 Å². The molecule has 1 aromatic carbocycles. The van der Waals surface area contributed by atoms with Gasteiger partial charge >= 0.3 is 0 Å². The molecule has 0 radical (unpaired) electrons. The number of carbonyl (C=O) groups is 1. The lowest BCUT2D eigenvalue weighted by Crippen LogP contribution is -1.98. The first-order valence-electron chi connectivity index (χ1n) is 5.12. The minimum Gasteiger partial charge on any atom is -0.508 e. The summed E-state index contributed by atoms with van der Waals surface area (Å²) >= 11 is 3.36. The van der Waals surface area contributed by atoms with E-state index in [2.05, 4.69) is 15.9 Å². The highest BCUT2D eigenvalue weighted by Gasteiger charge is 2.04. The molecule has 0 amide bonds. The lowest BCUT2D eigenvalue weighted by Gasteiger charge is -2.00. The molecule has 0 spiro atoms. The second kappa shape index (κ2) is 6.62. The van der Waals surface area contributed by atoms with Crippen molar-refractivity contribution in [2.45, 2.75) is 25.7 Å². The van der Waals surface area contributed by atoms with Crippen LogP contribution in [0, 0.1) is 0 Å². The van der Waals surface area contributed by atoms with Crippen molar-refractivity contribution < 1.29 is 9.90 Å². The number of benzene rings is 1. The molecule has 3 heteroatoms. The zero-order valence-electron chi connectivity index (χ0n) is 8.58. The number of halogens is 1. The van der Waals surface area contributed by atoms with Gasteiger partial charge in [-0.1, -0.05) is 22.4 Å². The van der Waals surface area contributed by atoms with Gasteiger partial charge in [-0.2, -0.15) is 0 Å². The fourth-order valence-electron chi connectivity index (χ4n) is 1.35. The van der Waals surface area contributed by atoms with E-state index >= 15 is 0 Å². The molecular formula is C12H15BrO2. The standard InChI is InChI=1S/C12H15BrO2/c13-9-3-1-2-4-12(15)10-5-7-11(14)8-6-10/h5-8,14H,1-4,9H2. The minimum atomic E-state index is 0.157. The van der Waals surface area contributed by atoms with Crippen molar-refractivity contribution >= 4 is 21.7 Å². The van der Waals surface area contributed by atoms with Gasteiger partial charge < -0.3 is 5.11 Å². The highest BCUT2D eigenvalue weighted by molar-refractivity contribution is 9.09. The summed E-state index contributed by atoms with van der Waals surface area (Å²) in [5.41, 5.74) is 0.687. The Hall–Kier alpha value is -0.830. The van der Waals surface area contributed by atoms with Crippen LogP contribution in [0.2, 0.25) is 0 Å². The number of unbranched alkanes of at least 4 members (excludes halogenated alkanes) is 2. The van der Waals surface area contributed by atoms with Crippen LogP contribution in [0.3, 0.4) is 0 Å². The molecule has 1 rings (SSSR count). The van der Waals surface area contributed by atoms with E-state index in [9.17, 15) is 4.79 Å². The van der Waals surface area contributed by atoms with Crippen LogP contribution >= 0.6 is 15.9 Å². The number of hydrogen-bond donors (Lipinski definition) is 1. The van der Waals surface area contributed by atoms with Crippen LogP contribution in [0.1, 0.15) is 36.0 Å². The van der Waals surface area contributed by atoms with E-state index in [0.29, 0.717) is 12.0 Å². The normalized spacial score (nSPS) is 10.2. The molecule has 0 aliphatic rings. The first kappa shape index (κ1) is 12.2. The van der Waals surface area contributed by atoms with Gasteiger partial charge in [0, 0.05) is 17.3 Å². The molecule has 1 N–H and O–H groups in total. The number of hydrogen-bond acceptors (Lipinski definition) is 2. The third kappa shape index (κ3) is 4.47. The van der Waals surface area contributed by atoms with Crippen molar-refractivity contribution in [1.82, 2.24) is 0 Å². The molecule has 1 aromatic rings. The van der Waals surface area contributed by atoms with Crippen LogP contribution in [0.5, 0.6) is 5.75 Å². The van der Waals surface area contributed by atoms with E-state index in [4.69, 9.17) is 5.11 Å². The van der Waals surface area contributed by atoms with Crippen molar-refractivity contribution in [2.75, 3.05) is 5.33 Å². The van der Waals surface area contributed by atoms with Crippen LogP contribution in [-0.4, -0.2) is 16.2 Å². The van der Waals surface area contributed by atoms with Gasteiger partial charge in [0.15, 0.2) is 5.78 Å². The Balaban J connectivity index is 2.37. The largest absolute Gasteiger partial charge is 0.508 e. The van der Waals surface area contributed by atoms with Crippen LogP contribution in [0.15, 0.2) is 24.3 Å². The molecule has 0 aliphatic heterocycles. The maximum atomic E-state index is 11.6. The van der Waals surface area contributed by atoms with Gasteiger partial charge in [0.25, 0.3) is 0 Å². The van der Waals surface area contributed by atoms with E-state index in [0.717, 1.165) is 24.6 Å². The quantitative estimate of drug-likeness (QED) is 0.488. The summed E-state index contributed by atoms with van der Waals surface area (Å²) in [4.78, 5) is 11.6. The van der Waals surface area contributed by atoms with E-state index in [1.165, 1.54) is 0 Å². The summed E-state index contributed by atoms with van der Waals surface area (Å²) in [5.74, 6) is 0.357. The summed E-state index contributed by atoms with van der Waals surface area (Å²) in [7, 11) is 0. The zero-order chi connectivity index (χ0) is 11.1. The van der Waals surface area contributed by atoms with Gasteiger partial charge in [0.05, 0.1) is 0 Å². The number of Topliss-reactive ketones (excluding diaryl/α,β-unsaturated/α-hetero) is 1. The van der Waals surface area contributed by atoms with E-state index in [1.807, 2.05) is 0 Å². The topological polar surface area (TPSA) is 37.3 Å². The molecule has 0 fully saturated rings. The van der Waals surface area contributed by atoms with Crippen molar-refractivity contribution in [2.24, 2.45) is 0 Å². The predicted molar refractivity (Wildman–Crippen MR) is 64.7 cm³/mol. The molecular weight excluding hydrogens is 256 g/mol. The van der Waals surface area contributed by atoms with Gasteiger partial charge in [-0.25, -0.2) is 0 Å². The Bertz CT molecular complexity index is 306. The second-order valence-corrected chi connectivity index (χ2v) is 4.26. The van der Waals surface area contributed by atoms with Crippen molar-refractivity contribution in [1.29, 1.82) is 0 Å². The Morgan fingerprint density at radius 1 is 1.13 bits per heavy atom. The highest BCUT2D eigenvalue weighted by atomic mass is 79.9. The fraction of sp³-hybridized carbons (Fsp3) is 0.417. The van der Waals surface area contributed by atoms with Crippen LogP contribution in [0.4, 0.5) is 0 Å². The summed E-state index contributed by atoms with van der Waals surface area (Å²) in [6.07, 6.45) is 3.72. The minimum absolute atomic E-state index is 0.157. The number of aromatic hydroxyl groups is 1. The molecule has 2 nitrogen and oxygen atoms in total. The number of phenols is 1. The third-order valence-electron chi connectivity index (χ3n) is 2.23. The summed E-state index contributed by atoms with van der Waals surface area (Å²) in [6, 6.07) is 6.43. The molecule has 0 heterocycles. The van der Waals surface area contributed by atoms with Gasteiger partial charge in [-0.15, -0.1) is 0 Å². The van der Waals surface area contributed by atoms with Crippen LogP contribution in [-0.2, 0) is 0 Å². The average Bonchev–Trinajstić information content (AvgIpc) is 2.25. The van der Waals surface area contributed by atoms with E-state index in [1.54, 1.807) is 24.3 Å². The SMILES string of the molecule is O=C(CCCCCBr)c1ccc(O)cc1. The zero-order valence-corrected chi connectivity index (χ0v) is 10.2. The lowest BCUT2D eigenvalue weighted by atomic mass is 10.0. The number of alkyl halides is 1. The van der Waals surface area contributed by atoms with Gasteiger partial charge in [-0.3, -0.25) is 4.79 Å². The number of ketones is 1. The van der Waals surface area contributed by atoms with Gasteiger partial charge in [0.2, 0.25) is 0 Å². The summed E-state index contributed by atoms with van der Waals surface area (Å²) < 4.78 is 0.